The van der Waals surface area contributed by atoms with E-state index in [0.717, 1.165) is 5.56 Å². The third kappa shape index (κ3) is 4.19. The highest BCUT2D eigenvalue weighted by molar-refractivity contribution is 7.89. The van der Waals surface area contributed by atoms with E-state index >= 15 is 0 Å². The molecule has 132 valence electrons. The molecule has 1 aliphatic heterocycles. The smallest absolute Gasteiger partial charge is 0.271 e. The average Bonchev–Trinajstić information content (AvgIpc) is 2.68. The summed E-state index contributed by atoms with van der Waals surface area (Å²) in [6.07, 6.45) is 4.32. The summed E-state index contributed by atoms with van der Waals surface area (Å²) >= 11 is 0. The summed E-state index contributed by atoms with van der Waals surface area (Å²) in [5.74, 6) is -0.335. The summed E-state index contributed by atoms with van der Waals surface area (Å²) in [4.78, 5) is 19.9. The van der Waals surface area contributed by atoms with Crippen molar-refractivity contribution >= 4 is 15.9 Å². The molecule has 0 aliphatic carbocycles. The molecule has 8 nitrogen and oxygen atoms in total. The summed E-state index contributed by atoms with van der Waals surface area (Å²) in [7, 11) is -3.51. The fourth-order valence-corrected chi connectivity index (χ4v) is 3.81. The van der Waals surface area contributed by atoms with E-state index in [1.54, 1.807) is 24.3 Å². The van der Waals surface area contributed by atoms with E-state index in [0.29, 0.717) is 26.3 Å². The molecule has 1 amide bonds. The number of ether oxygens (including phenoxy) is 1. The lowest BCUT2D eigenvalue weighted by atomic mass is 10.2. The molecule has 1 aliphatic rings. The van der Waals surface area contributed by atoms with Gasteiger partial charge in [0.1, 0.15) is 5.69 Å². The van der Waals surface area contributed by atoms with Crippen molar-refractivity contribution in [3.8, 4) is 0 Å². The second-order valence-electron chi connectivity index (χ2n) is 5.43. The van der Waals surface area contributed by atoms with E-state index in [4.69, 9.17) is 4.74 Å². The molecule has 9 heteroatoms. The van der Waals surface area contributed by atoms with Gasteiger partial charge in [-0.1, -0.05) is 12.1 Å². The highest BCUT2D eigenvalue weighted by Gasteiger charge is 2.26. The summed E-state index contributed by atoms with van der Waals surface area (Å²) in [5, 5.41) is 2.72. The maximum absolute atomic E-state index is 12.5. The van der Waals surface area contributed by atoms with Crippen molar-refractivity contribution in [3.05, 3.63) is 54.1 Å². The van der Waals surface area contributed by atoms with Crippen LogP contribution in [0.2, 0.25) is 0 Å². The van der Waals surface area contributed by atoms with Crippen molar-refractivity contribution in [1.29, 1.82) is 0 Å². The summed E-state index contributed by atoms with van der Waals surface area (Å²) in [5.41, 5.74) is 1.02. The van der Waals surface area contributed by atoms with E-state index in [9.17, 15) is 13.2 Å². The van der Waals surface area contributed by atoms with Crippen LogP contribution in [0.15, 0.2) is 47.8 Å². The number of sulfonamides is 1. The third-order valence-electron chi connectivity index (χ3n) is 3.78. The zero-order valence-corrected chi connectivity index (χ0v) is 14.3. The molecule has 1 N–H and O–H groups in total. The molecule has 1 fully saturated rings. The third-order valence-corrected chi connectivity index (χ3v) is 5.69. The second-order valence-corrected chi connectivity index (χ2v) is 7.37. The van der Waals surface area contributed by atoms with Crippen molar-refractivity contribution in [2.45, 2.75) is 11.4 Å². The summed E-state index contributed by atoms with van der Waals surface area (Å²) < 4.78 is 31.7. The number of nitrogens with one attached hydrogen (secondary N) is 1. The first-order valence-corrected chi connectivity index (χ1v) is 9.22. The molecule has 1 aromatic carbocycles. The zero-order chi connectivity index (χ0) is 17.7. The van der Waals surface area contributed by atoms with Gasteiger partial charge >= 0.3 is 0 Å². The molecule has 1 saturated heterocycles. The van der Waals surface area contributed by atoms with E-state index in [2.05, 4.69) is 15.3 Å². The maximum Gasteiger partial charge on any atom is 0.271 e. The van der Waals surface area contributed by atoms with Crippen LogP contribution < -0.4 is 5.32 Å². The molecular formula is C16H18N4O4S. The Morgan fingerprint density at radius 2 is 1.88 bits per heavy atom. The normalized spacial score (nSPS) is 15.7. The van der Waals surface area contributed by atoms with Gasteiger partial charge < -0.3 is 10.1 Å². The maximum atomic E-state index is 12.5. The second kappa shape index (κ2) is 7.68. The van der Waals surface area contributed by atoms with Crippen LogP contribution >= 0.6 is 0 Å². The standard InChI is InChI=1S/C16H18N4O4S/c21-16(15-12-17-5-6-18-15)19-11-13-1-3-14(4-2-13)25(22,23)20-7-9-24-10-8-20/h1-6,12H,7-11H2,(H,19,21). The number of carbonyl (C=O) groups is 1. The van der Waals surface area contributed by atoms with Crippen molar-refractivity contribution in [3.63, 3.8) is 0 Å². The number of hydrogen-bond acceptors (Lipinski definition) is 6. The molecule has 25 heavy (non-hydrogen) atoms. The highest BCUT2D eigenvalue weighted by atomic mass is 32.2. The summed E-state index contributed by atoms with van der Waals surface area (Å²) in [6.45, 7) is 1.81. The van der Waals surface area contributed by atoms with Crippen LogP contribution in [0.1, 0.15) is 16.1 Å². The van der Waals surface area contributed by atoms with Gasteiger partial charge in [0.15, 0.2) is 0 Å². The van der Waals surface area contributed by atoms with Gasteiger partial charge in [0.05, 0.1) is 24.3 Å². The highest BCUT2D eigenvalue weighted by Crippen LogP contribution is 2.17. The van der Waals surface area contributed by atoms with E-state index in [1.165, 1.54) is 22.9 Å². The van der Waals surface area contributed by atoms with Crippen molar-refractivity contribution in [2.75, 3.05) is 26.3 Å². The largest absolute Gasteiger partial charge is 0.379 e. The Balaban J connectivity index is 1.63. The number of hydrogen-bond donors (Lipinski definition) is 1. The monoisotopic (exact) mass is 362 g/mol. The number of aromatic nitrogens is 2. The Labute approximate surface area is 145 Å². The van der Waals surface area contributed by atoms with Crippen LogP contribution in [0, 0.1) is 0 Å². The van der Waals surface area contributed by atoms with Crippen molar-refractivity contribution < 1.29 is 17.9 Å². The van der Waals surface area contributed by atoms with Crippen LogP contribution in [0.5, 0.6) is 0 Å². The number of nitrogens with zero attached hydrogens (tertiary/aromatic N) is 3. The van der Waals surface area contributed by atoms with Crippen LogP contribution in [0.25, 0.3) is 0 Å². The lowest BCUT2D eigenvalue weighted by molar-refractivity contribution is 0.0730. The summed E-state index contributed by atoms with van der Waals surface area (Å²) in [6, 6.07) is 6.47. The topological polar surface area (TPSA) is 101 Å². The van der Waals surface area contributed by atoms with Crippen molar-refractivity contribution in [2.24, 2.45) is 0 Å². The Bertz CT molecular complexity index is 819. The fourth-order valence-electron chi connectivity index (χ4n) is 2.40. The molecule has 2 heterocycles. The van der Waals surface area contributed by atoms with Gasteiger partial charge in [-0.15, -0.1) is 0 Å². The molecule has 0 radical (unpaired) electrons. The van der Waals surface area contributed by atoms with Gasteiger partial charge in [-0.25, -0.2) is 13.4 Å². The number of rotatable bonds is 5. The lowest BCUT2D eigenvalue weighted by Crippen LogP contribution is -2.40. The van der Waals surface area contributed by atoms with Gasteiger partial charge in [0, 0.05) is 32.0 Å². The van der Waals surface area contributed by atoms with Crippen LogP contribution in [-0.2, 0) is 21.3 Å². The van der Waals surface area contributed by atoms with Crippen molar-refractivity contribution in [1.82, 2.24) is 19.6 Å². The molecule has 0 unspecified atom stereocenters. The lowest BCUT2D eigenvalue weighted by Gasteiger charge is -2.26. The minimum absolute atomic E-state index is 0.231. The first-order chi connectivity index (χ1) is 12.1. The first kappa shape index (κ1) is 17.5. The number of benzene rings is 1. The van der Waals surface area contributed by atoms with E-state index < -0.39 is 10.0 Å². The van der Waals surface area contributed by atoms with Crippen LogP contribution in [0.4, 0.5) is 0 Å². The Morgan fingerprint density at radius 1 is 1.16 bits per heavy atom. The van der Waals surface area contributed by atoms with Crippen LogP contribution in [-0.4, -0.2) is 54.9 Å². The molecule has 1 aromatic heterocycles. The molecule has 0 saturated carbocycles. The Morgan fingerprint density at radius 3 is 2.52 bits per heavy atom. The van der Waals surface area contributed by atoms with E-state index in [1.807, 2.05) is 0 Å². The Hall–Kier alpha value is -2.36. The van der Waals surface area contributed by atoms with Gasteiger partial charge in [-0.05, 0) is 17.7 Å². The molecule has 0 bridgehead atoms. The number of morpholine rings is 1. The molecule has 0 atom stereocenters. The molecule has 3 rings (SSSR count). The molecule has 2 aromatic rings. The minimum Gasteiger partial charge on any atom is -0.379 e. The molecular weight excluding hydrogens is 344 g/mol. The quantitative estimate of drug-likeness (QED) is 0.828. The predicted octanol–water partition coefficient (Wildman–Crippen LogP) is 0.427. The van der Waals surface area contributed by atoms with Crippen LogP contribution in [0.3, 0.4) is 0 Å². The van der Waals surface area contributed by atoms with E-state index in [-0.39, 0.29) is 23.0 Å². The first-order valence-electron chi connectivity index (χ1n) is 7.78. The predicted molar refractivity (Wildman–Crippen MR) is 89.2 cm³/mol. The molecule has 0 spiro atoms. The Kier molecular flexibility index (Phi) is 5.37. The SMILES string of the molecule is O=C(NCc1ccc(S(=O)(=O)N2CCOCC2)cc1)c1cnccn1. The fraction of sp³-hybridized carbons (Fsp3) is 0.312. The number of carbonyl (C=O) groups excluding carboxylic acids is 1. The van der Waals surface area contributed by atoms with Gasteiger partial charge in [0.25, 0.3) is 5.91 Å². The van der Waals surface area contributed by atoms with Gasteiger partial charge in [-0.2, -0.15) is 4.31 Å². The van der Waals surface area contributed by atoms with Gasteiger partial charge in [-0.3, -0.25) is 9.78 Å². The minimum atomic E-state index is -3.51. The zero-order valence-electron chi connectivity index (χ0n) is 13.5. The number of amides is 1. The van der Waals surface area contributed by atoms with Gasteiger partial charge in [0.2, 0.25) is 10.0 Å². The average molecular weight is 362 g/mol.